The quantitative estimate of drug-likeness (QED) is 0.915. The van der Waals surface area contributed by atoms with Crippen LogP contribution in [0.3, 0.4) is 0 Å². The van der Waals surface area contributed by atoms with Crippen LogP contribution in [0.2, 0.25) is 0 Å². The van der Waals surface area contributed by atoms with Gasteiger partial charge in [0.1, 0.15) is 11.5 Å². The number of benzene rings is 2. The summed E-state index contributed by atoms with van der Waals surface area (Å²) in [4.78, 5) is 1.97. The zero-order valence-electron chi connectivity index (χ0n) is 12.6. The van der Waals surface area contributed by atoms with Gasteiger partial charge in [0.25, 0.3) is 0 Å². The van der Waals surface area contributed by atoms with Gasteiger partial charge >= 0.3 is 0 Å². The van der Waals surface area contributed by atoms with Gasteiger partial charge in [-0.05, 0) is 12.1 Å². The Labute approximate surface area is 124 Å². The minimum atomic E-state index is -0.0403. The van der Waals surface area contributed by atoms with Crippen molar-refractivity contribution in [1.82, 2.24) is 0 Å². The van der Waals surface area contributed by atoms with Gasteiger partial charge in [0.2, 0.25) is 5.75 Å². The topological polar surface area (TPSA) is 51.2 Å². The fourth-order valence-electron chi connectivity index (χ4n) is 1.88. The van der Waals surface area contributed by atoms with Crippen molar-refractivity contribution in [2.45, 2.75) is 0 Å². The van der Waals surface area contributed by atoms with Crippen LogP contribution < -0.4 is 19.1 Å². The summed E-state index contributed by atoms with van der Waals surface area (Å²) in [7, 11) is 6.93. The molecule has 0 fully saturated rings. The van der Waals surface area contributed by atoms with Crippen molar-refractivity contribution in [3.8, 4) is 28.7 Å². The SMILES string of the molecule is COc1cc(O)c(Oc2cccc(N(C)C)c2)c(OC)c1. The Morgan fingerprint density at radius 2 is 1.71 bits per heavy atom. The zero-order chi connectivity index (χ0) is 15.4. The lowest BCUT2D eigenvalue weighted by atomic mass is 10.2. The Morgan fingerprint density at radius 3 is 2.33 bits per heavy atom. The Morgan fingerprint density at radius 1 is 0.952 bits per heavy atom. The summed E-state index contributed by atoms with van der Waals surface area (Å²) in [5.74, 6) is 1.73. The minimum absolute atomic E-state index is 0.0403. The smallest absolute Gasteiger partial charge is 0.211 e. The molecule has 1 N–H and O–H groups in total. The van der Waals surface area contributed by atoms with E-state index in [0.717, 1.165) is 5.69 Å². The molecule has 0 saturated carbocycles. The average Bonchev–Trinajstić information content (AvgIpc) is 2.49. The van der Waals surface area contributed by atoms with Gasteiger partial charge in [0.05, 0.1) is 14.2 Å². The third kappa shape index (κ3) is 3.31. The van der Waals surface area contributed by atoms with Crippen LogP contribution in [-0.2, 0) is 0 Å². The monoisotopic (exact) mass is 289 g/mol. The second kappa shape index (κ2) is 6.26. The molecule has 0 radical (unpaired) electrons. The first-order valence-electron chi connectivity index (χ1n) is 6.45. The van der Waals surface area contributed by atoms with Gasteiger partial charge in [-0.1, -0.05) is 6.07 Å². The van der Waals surface area contributed by atoms with Crippen molar-refractivity contribution in [3.63, 3.8) is 0 Å². The van der Waals surface area contributed by atoms with E-state index in [1.54, 1.807) is 6.07 Å². The summed E-state index contributed by atoms with van der Waals surface area (Å²) >= 11 is 0. The highest BCUT2D eigenvalue weighted by Gasteiger charge is 2.14. The van der Waals surface area contributed by atoms with E-state index in [-0.39, 0.29) is 11.5 Å². The molecule has 5 nitrogen and oxygen atoms in total. The second-order valence-corrected chi connectivity index (χ2v) is 4.67. The van der Waals surface area contributed by atoms with Gasteiger partial charge in [-0.2, -0.15) is 0 Å². The molecule has 0 saturated heterocycles. The van der Waals surface area contributed by atoms with Crippen LogP contribution in [0, 0.1) is 0 Å². The molecular formula is C16H19NO4. The minimum Gasteiger partial charge on any atom is -0.504 e. The molecule has 0 aliphatic carbocycles. The van der Waals surface area contributed by atoms with Crippen LogP contribution in [0.1, 0.15) is 0 Å². The summed E-state index contributed by atoms with van der Waals surface area (Å²) < 4.78 is 16.1. The molecule has 21 heavy (non-hydrogen) atoms. The third-order valence-corrected chi connectivity index (χ3v) is 3.02. The van der Waals surface area contributed by atoms with Crippen LogP contribution in [-0.4, -0.2) is 33.4 Å². The van der Waals surface area contributed by atoms with Gasteiger partial charge in [-0.3, -0.25) is 0 Å². The summed E-state index contributed by atoms with van der Waals surface area (Å²) in [6.07, 6.45) is 0. The lowest BCUT2D eigenvalue weighted by molar-refractivity contribution is 0.348. The molecule has 0 bridgehead atoms. The third-order valence-electron chi connectivity index (χ3n) is 3.02. The molecule has 112 valence electrons. The molecule has 2 aromatic rings. The number of ether oxygens (including phenoxy) is 3. The van der Waals surface area contributed by atoms with E-state index in [4.69, 9.17) is 14.2 Å². The lowest BCUT2D eigenvalue weighted by Gasteiger charge is -2.16. The molecule has 0 heterocycles. The number of nitrogens with zero attached hydrogens (tertiary/aromatic N) is 1. The van der Waals surface area contributed by atoms with Gasteiger partial charge in [-0.15, -0.1) is 0 Å². The van der Waals surface area contributed by atoms with E-state index in [2.05, 4.69) is 0 Å². The van der Waals surface area contributed by atoms with Crippen LogP contribution in [0.15, 0.2) is 36.4 Å². The fraction of sp³-hybridized carbons (Fsp3) is 0.250. The Hall–Kier alpha value is -2.56. The van der Waals surface area contributed by atoms with Crippen LogP contribution >= 0.6 is 0 Å². The maximum absolute atomic E-state index is 10.1. The Balaban J connectivity index is 2.37. The van der Waals surface area contributed by atoms with Crippen molar-refractivity contribution in [2.24, 2.45) is 0 Å². The highest BCUT2D eigenvalue weighted by atomic mass is 16.5. The predicted octanol–water partition coefficient (Wildman–Crippen LogP) is 3.27. The highest BCUT2D eigenvalue weighted by Crippen LogP contribution is 2.43. The molecule has 0 aromatic heterocycles. The van der Waals surface area contributed by atoms with Gasteiger partial charge < -0.3 is 24.2 Å². The summed E-state index contributed by atoms with van der Waals surface area (Å²) in [5.41, 5.74) is 1.000. The van der Waals surface area contributed by atoms with Crippen LogP contribution in [0.4, 0.5) is 5.69 Å². The van der Waals surface area contributed by atoms with Crippen LogP contribution in [0.5, 0.6) is 28.7 Å². The number of methoxy groups -OCH3 is 2. The van der Waals surface area contributed by atoms with E-state index in [1.165, 1.54) is 20.3 Å². The van der Waals surface area contributed by atoms with Crippen molar-refractivity contribution >= 4 is 5.69 Å². The predicted molar refractivity (Wildman–Crippen MR) is 82.1 cm³/mol. The van der Waals surface area contributed by atoms with E-state index in [1.807, 2.05) is 43.3 Å². The standard InChI is InChI=1S/C16H19NO4/c1-17(2)11-6-5-7-12(8-11)21-16-14(18)9-13(19-3)10-15(16)20-4/h5-10,18H,1-4H3. The lowest BCUT2D eigenvalue weighted by Crippen LogP contribution is -2.08. The van der Waals surface area contributed by atoms with Crippen molar-refractivity contribution in [3.05, 3.63) is 36.4 Å². The van der Waals surface area contributed by atoms with E-state index >= 15 is 0 Å². The van der Waals surface area contributed by atoms with Crippen LogP contribution in [0.25, 0.3) is 0 Å². The maximum atomic E-state index is 10.1. The molecule has 0 atom stereocenters. The van der Waals surface area contributed by atoms with Gasteiger partial charge in [-0.25, -0.2) is 0 Å². The van der Waals surface area contributed by atoms with E-state index in [0.29, 0.717) is 17.2 Å². The Kier molecular flexibility index (Phi) is 4.42. The van der Waals surface area contributed by atoms with Gasteiger partial charge in [0, 0.05) is 38.0 Å². The molecular weight excluding hydrogens is 270 g/mol. The summed E-state index contributed by atoms with van der Waals surface area (Å²) in [6.45, 7) is 0. The highest BCUT2D eigenvalue weighted by molar-refractivity contribution is 5.58. The first kappa shape index (κ1) is 14.8. The van der Waals surface area contributed by atoms with Gasteiger partial charge in [0.15, 0.2) is 11.5 Å². The van der Waals surface area contributed by atoms with Crippen molar-refractivity contribution in [1.29, 1.82) is 0 Å². The maximum Gasteiger partial charge on any atom is 0.211 e. The number of hydrogen-bond donors (Lipinski definition) is 1. The molecule has 0 aliphatic heterocycles. The normalized spacial score (nSPS) is 10.1. The number of phenolic OH excluding ortho intramolecular Hbond substituents is 1. The fourth-order valence-corrected chi connectivity index (χ4v) is 1.88. The van der Waals surface area contributed by atoms with Crippen molar-refractivity contribution in [2.75, 3.05) is 33.2 Å². The molecule has 0 aliphatic rings. The molecule has 2 aromatic carbocycles. The first-order chi connectivity index (χ1) is 10.0. The largest absolute Gasteiger partial charge is 0.504 e. The molecule has 0 unspecified atom stereocenters. The number of phenols is 1. The summed E-state index contributed by atoms with van der Waals surface area (Å²) in [6, 6.07) is 10.7. The molecule has 2 rings (SSSR count). The second-order valence-electron chi connectivity index (χ2n) is 4.67. The molecule has 5 heteroatoms. The Bertz CT molecular complexity index is 626. The number of hydrogen-bond acceptors (Lipinski definition) is 5. The average molecular weight is 289 g/mol. The van der Waals surface area contributed by atoms with E-state index in [9.17, 15) is 5.11 Å². The number of anilines is 1. The number of rotatable bonds is 5. The van der Waals surface area contributed by atoms with E-state index < -0.39 is 0 Å². The summed E-state index contributed by atoms with van der Waals surface area (Å²) in [5, 5.41) is 10.1. The number of aromatic hydroxyl groups is 1. The molecule has 0 amide bonds. The van der Waals surface area contributed by atoms with Crippen molar-refractivity contribution < 1.29 is 19.3 Å². The first-order valence-corrected chi connectivity index (χ1v) is 6.45. The molecule has 0 spiro atoms. The zero-order valence-corrected chi connectivity index (χ0v) is 12.6.